The fourth-order valence-corrected chi connectivity index (χ4v) is 2.51. The van der Waals surface area contributed by atoms with Crippen molar-refractivity contribution >= 4 is 46.4 Å². The van der Waals surface area contributed by atoms with Gasteiger partial charge >= 0.3 is 0 Å². The lowest BCUT2D eigenvalue weighted by molar-refractivity contribution is -0.117. The molecular weight excluding hydrogens is 270 g/mol. The van der Waals surface area contributed by atoms with Crippen LogP contribution in [0.15, 0.2) is 12.3 Å². The van der Waals surface area contributed by atoms with Crippen molar-refractivity contribution in [3.8, 4) is 0 Å². The molecule has 1 unspecified atom stereocenters. The summed E-state index contributed by atoms with van der Waals surface area (Å²) in [6.07, 6.45) is 1.94. The average molecular weight is 280 g/mol. The third kappa shape index (κ3) is 2.12. The van der Waals surface area contributed by atoms with Crippen LogP contribution < -0.4 is 4.90 Å². The predicted octanol–water partition coefficient (Wildman–Crippen LogP) is 2.98. The number of carbonyl (C=O) groups is 1. The number of amides is 1. The van der Waals surface area contributed by atoms with Gasteiger partial charge in [-0.15, -0.1) is 11.6 Å². The molecule has 3 nitrogen and oxygen atoms in total. The van der Waals surface area contributed by atoms with Gasteiger partial charge in [-0.25, -0.2) is 4.98 Å². The van der Waals surface area contributed by atoms with Crippen molar-refractivity contribution in [1.82, 2.24) is 4.98 Å². The topological polar surface area (TPSA) is 33.2 Å². The fraction of sp³-hybridized carbons (Fsp3) is 0.400. The standard InChI is InChI=1S/C10H9Cl3N2O/c11-4-6-3-8(16)15(5-6)9-7(12)1-2-14-10(9)13/h1-2,6H,3-5H2. The van der Waals surface area contributed by atoms with E-state index in [0.717, 1.165) is 0 Å². The molecule has 0 aromatic carbocycles. The highest BCUT2D eigenvalue weighted by atomic mass is 35.5. The first-order valence-corrected chi connectivity index (χ1v) is 6.09. The van der Waals surface area contributed by atoms with Crippen molar-refractivity contribution in [2.45, 2.75) is 6.42 Å². The van der Waals surface area contributed by atoms with Gasteiger partial charge in [0.25, 0.3) is 0 Å². The Bertz CT molecular complexity index is 404. The van der Waals surface area contributed by atoms with Crippen molar-refractivity contribution in [2.24, 2.45) is 5.92 Å². The molecule has 1 aromatic heterocycles. The van der Waals surface area contributed by atoms with Gasteiger partial charge in [0, 0.05) is 25.0 Å². The van der Waals surface area contributed by atoms with Crippen LogP contribution in [0.3, 0.4) is 0 Å². The maximum atomic E-state index is 11.8. The molecule has 0 spiro atoms. The van der Waals surface area contributed by atoms with Crippen LogP contribution in [0.5, 0.6) is 0 Å². The van der Waals surface area contributed by atoms with Crippen molar-refractivity contribution in [3.05, 3.63) is 22.4 Å². The van der Waals surface area contributed by atoms with Crippen molar-refractivity contribution in [2.75, 3.05) is 17.3 Å². The molecule has 1 aliphatic rings. The second-order valence-corrected chi connectivity index (χ2v) is 4.73. The Kier molecular flexibility index (Phi) is 3.57. The minimum absolute atomic E-state index is 0.0116. The Morgan fingerprint density at radius 1 is 1.50 bits per heavy atom. The number of anilines is 1. The molecule has 0 radical (unpaired) electrons. The molecule has 86 valence electrons. The first-order chi connectivity index (χ1) is 7.63. The highest BCUT2D eigenvalue weighted by molar-refractivity contribution is 6.39. The number of hydrogen-bond acceptors (Lipinski definition) is 2. The molecule has 0 N–H and O–H groups in total. The van der Waals surface area contributed by atoms with Gasteiger partial charge in [-0.1, -0.05) is 23.2 Å². The Balaban J connectivity index is 2.35. The molecule has 0 aliphatic carbocycles. The van der Waals surface area contributed by atoms with E-state index in [1.807, 2.05) is 0 Å². The van der Waals surface area contributed by atoms with Crippen LogP contribution in [0, 0.1) is 5.92 Å². The summed E-state index contributed by atoms with van der Waals surface area (Å²) in [5, 5.41) is 0.680. The van der Waals surface area contributed by atoms with Gasteiger partial charge in [0.1, 0.15) is 5.69 Å². The number of aromatic nitrogens is 1. The van der Waals surface area contributed by atoms with Crippen LogP contribution in [0.2, 0.25) is 10.2 Å². The number of carbonyl (C=O) groups excluding carboxylic acids is 1. The average Bonchev–Trinajstić information content (AvgIpc) is 2.60. The van der Waals surface area contributed by atoms with E-state index in [2.05, 4.69) is 4.98 Å². The fourth-order valence-electron chi connectivity index (χ4n) is 1.75. The molecule has 1 fully saturated rings. The molecule has 0 bridgehead atoms. The molecule has 1 atom stereocenters. The molecule has 1 aromatic rings. The SMILES string of the molecule is O=C1CC(CCl)CN1c1c(Cl)ccnc1Cl. The zero-order chi connectivity index (χ0) is 11.7. The highest BCUT2D eigenvalue weighted by Crippen LogP contribution is 2.35. The van der Waals surface area contributed by atoms with Crippen LogP contribution in [0.4, 0.5) is 5.69 Å². The predicted molar refractivity (Wildman–Crippen MR) is 65.4 cm³/mol. The van der Waals surface area contributed by atoms with Crippen LogP contribution in [-0.2, 0) is 4.79 Å². The van der Waals surface area contributed by atoms with E-state index >= 15 is 0 Å². The van der Waals surface area contributed by atoms with E-state index in [9.17, 15) is 4.79 Å². The molecule has 1 amide bonds. The molecule has 2 heterocycles. The second kappa shape index (κ2) is 4.78. The zero-order valence-corrected chi connectivity index (χ0v) is 10.6. The molecule has 1 aliphatic heterocycles. The number of nitrogens with zero attached hydrogens (tertiary/aromatic N) is 2. The maximum Gasteiger partial charge on any atom is 0.227 e. The molecule has 2 rings (SSSR count). The van der Waals surface area contributed by atoms with Gasteiger partial charge in [0.2, 0.25) is 5.91 Å². The summed E-state index contributed by atoms with van der Waals surface area (Å²) in [4.78, 5) is 17.3. The van der Waals surface area contributed by atoms with E-state index in [1.54, 1.807) is 11.0 Å². The van der Waals surface area contributed by atoms with E-state index in [-0.39, 0.29) is 17.0 Å². The summed E-state index contributed by atoms with van der Waals surface area (Å²) in [6, 6.07) is 1.62. The van der Waals surface area contributed by atoms with Crippen molar-refractivity contribution < 1.29 is 4.79 Å². The summed E-state index contributed by atoms with van der Waals surface area (Å²) in [5.41, 5.74) is 0.489. The van der Waals surface area contributed by atoms with E-state index in [0.29, 0.717) is 29.6 Å². The minimum atomic E-state index is -0.0116. The van der Waals surface area contributed by atoms with Crippen molar-refractivity contribution in [3.63, 3.8) is 0 Å². The van der Waals surface area contributed by atoms with Crippen LogP contribution >= 0.6 is 34.8 Å². The van der Waals surface area contributed by atoms with Gasteiger partial charge < -0.3 is 4.90 Å². The monoisotopic (exact) mass is 278 g/mol. The third-order valence-corrected chi connectivity index (χ3v) is 3.54. The summed E-state index contributed by atoms with van der Waals surface area (Å²) in [7, 11) is 0. The highest BCUT2D eigenvalue weighted by Gasteiger charge is 2.32. The quantitative estimate of drug-likeness (QED) is 0.616. The summed E-state index contributed by atoms with van der Waals surface area (Å²) in [6.45, 7) is 0.549. The van der Waals surface area contributed by atoms with Gasteiger partial charge in [-0.2, -0.15) is 0 Å². The van der Waals surface area contributed by atoms with Crippen LogP contribution in [0.25, 0.3) is 0 Å². The first-order valence-electron chi connectivity index (χ1n) is 4.79. The summed E-state index contributed by atoms with van der Waals surface area (Å²) < 4.78 is 0. The zero-order valence-electron chi connectivity index (χ0n) is 8.29. The smallest absolute Gasteiger partial charge is 0.227 e. The third-order valence-electron chi connectivity index (χ3n) is 2.52. The normalized spacial score (nSPS) is 20.6. The Labute approximate surface area is 108 Å². The van der Waals surface area contributed by atoms with E-state index < -0.39 is 0 Å². The van der Waals surface area contributed by atoms with Gasteiger partial charge in [0.05, 0.1) is 5.02 Å². The molecular formula is C10H9Cl3N2O. The largest absolute Gasteiger partial charge is 0.308 e. The van der Waals surface area contributed by atoms with E-state index in [1.165, 1.54) is 6.20 Å². The summed E-state index contributed by atoms with van der Waals surface area (Å²) >= 11 is 17.7. The number of rotatable bonds is 2. The Hall–Kier alpha value is -0.510. The lowest BCUT2D eigenvalue weighted by Gasteiger charge is -2.18. The lowest BCUT2D eigenvalue weighted by atomic mass is 10.1. The van der Waals surface area contributed by atoms with Crippen LogP contribution in [0.1, 0.15) is 6.42 Å². The second-order valence-electron chi connectivity index (χ2n) is 3.66. The van der Waals surface area contributed by atoms with E-state index in [4.69, 9.17) is 34.8 Å². The number of halogens is 3. The maximum absolute atomic E-state index is 11.8. The number of pyridine rings is 1. The minimum Gasteiger partial charge on any atom is -0.308 e. The number of hydrogen-bond donors (Lipinski definition) is 0. The molecule has 0 saturated carbocycles. The van der Waals surface area contributed by atoms with Gasteiger partial charge in [-0.3, -0.25) is 4.79 Å². The van der Waals surface area contributed by atoms with Crippen LogP contribution in [-0.4, -0.2) is 23.3 Å². The molecule has 16 heavy (non-hydrogen) atoms. The molecule has 6 heteroatoms. The Morgan fingerprint density at radius 3 is 2.81 bits per heavy atom. The molecule has 1 saturated heterocycles. The van der Waals surface area contributed by atoms with Crippen molar-refractivity contribution in [1.29, 1.82) is 0 Å². The van der Waals surface area contributed by atoms with Gasteiger partial charge in [-0.05, 0) is 12.0 Å². The number of alkyl halides is 1. The Morgan fingerprint density at radius 2 is 2.25 bits per heavy atom. The first kappa shape index (κ1) is 12.0. The van der Waals surface area contributed by atoms with Gasteiger partial charge in [0.15, 0.2) is 5.15 Å². The summed E-state index contributed by atoms with van der Waals surface area (Å²) in [5.74, 6) is 0.599. The lowest BCUT2D eigenvalue weighted by Crippen LogP contribution is -2.25.